The quantitative estimate of drug-likeness (QED) is 0.585. The van der Waals surface area contributed by atoms with Crippen LogP contribution in [0.2, 0.25) is 0 Å². The molecule has 0 radical (unpaired) electrons. The average Bonchev–Trinajstić information content (AvgIpc) is 3.06. The minimum atomic E-state index is -0.429. The third kappa shape index (κ3) is 5.59. The molecule has 23 heavy (non-hydrogen) atoms. The van der Waals surface area contributed by atoms with Gasteiger partial charge in [-0.05, 0) is 25.0 Å². The number of amides is 2. The van der Waals surface area contributed by atoms with Crippen LogP contribution in [0.3, 0.4) is 0 Å². The second-order valence-electron chi connectivity index (χ2n) is 5.39. The van der Waals surface area contributed by atoms with Crippen LogP contribution < -0.4 is 11.1 Å². The van der Waals surface area contributed by atoms with Crippen LogP contribution >= 0.6 is 11.8 Å². The first-order valence-electron chi connectivity index (χ1n) is 7.53. The number of primary amides is 1. The predicted octanol–water partition coefficient (Wildman–Crippen LogP) is 1.94. The first kappa shape index (κ1) is 17.3. The van der Waals surface area contributed by atoms with E-state index in [0.29, 0.717) is 5.69 Å². The normalized spacial score (nSPS) is 14.4. The Bertz CT molecular complexity index is 585. The number of carbonyl (C=O) groups excluding carboxylic acids is 3. The Kier molecular flexibility index (Phi) is 6.46. The lowest BCUT2D eigenvalue weighted by Gasteiger charge is -2.12. The van der Waals surface area contributed by atoms with Crippen molar-refractivity contribution in [2.24, 2.45) is 11.7 Å². The fraction of sp³-hybridized carbons (Fsp3) is 0.438. The molecule has 0 aliphatic heterocycles. The molecule has 7 heteroatoms. The van der Waals surface area contributed by atoms with Gasteiger partial charge in [0.25, 0.3) is 5.91 Å². The van der Waals surface area contributed by atoms with Crippen molar-refractivity contribution in [2.75, 3.05) is 17.7 Å². The highest BCUT2D eigenvalue weighted by Gasteiger charge is 2.24. The van der Waals surface area contributed by atoms with E-state index in [1.54, 1.807) is 24.3 Å². The van der Waals surface area contributed by atoms with E-state index in [2.05, 4.69) is 5.32 Å². The van der Waals surface area contributed by atoms with Gasteiger partial charge < -0.3 is 15.8 Å². The molecule has 1 aliphatic carbocycles. The first-order chi connectivity index (χ1) is 11.1. The number of para-hydroxylation sites is 1. The Labute approximate surface area is 139 Å². The topological polar surface area (TPSA) is 98.5 Å². The summed E-state index contributed by atoms with van der Waals surface area (Å²) >= 11 is 1.24. The molecule has 2 rings (SSSR count). The fourth-order valence-electron chi connectivity index (χ4n) is 2.45. The number of ether oxygens (including phenoxy) is 1. The Morgan fingerprint density at radius 2 is 1.91 bits per heavy atom. The van der Waals surface area contributed by atoms with Gasteiger partial charge in [-0.25, -0.2) is 0 Å². The molecule has 2 amide bonds. The van der Waals surface area contributed by atoms with Crippen molar-refractivity contribution in [1.29, 1.82) is 0 Å². The number of benzene rings is 1. The Balaban J connectivity index is 1.84. The zero-order valence-corrected chi connectivity index (χ0v) is 13.6. The molecule has 3 N–H and O–H groups in total. The highest BCUT2D eigenvalue weighted by Crippen LogP contribution is 2.27. The molecule has 1 aliphatic rings. The highest BCUT2D eigenvalue weighted by atomic mass is 32.2. The van der Waals surface area contributed by atoms with Gasteiger partial charge in [-0.1, -0.05) is 25.0 Å². The fourth-order valence-corrected chi connectivity index (χ4v) is 3.19. The third-order valence-corrected chi connectivity index (χ3v) is 4.66. The number of rotatable bonds is 7. The predicted molar refractivity (Wildman–Crippen MR) is 87.9 cm³/mol. The zero-order valence-electron chi connectivity index (χ0n) is 12.7. The monoisotopic (exact) mass is 336 g/mol. The van der Waals surface area contributed by atoms with Gasteiger partial charge in [-0.15, -0.1) is 11.8 Å². The van der Waals surface area contributed by atoms with Gasteiger partial charge in [-0.2, -0.15) is 0 Å². The molecule has 0 atom stereocenters. The minimum Gasteiger partial charge on any atom is -0.455 e. The van der Waals surface area contributed by atoms with Crippen LogP contribution in [0.5, 0.6) is 0 Å². The van der Waals surface area contributed by atoms with Crippen molar-refractivity contribution in [3.05, 3.63) is 24.3 Å². The lowest BCUT2D eigenvalue weighted by atomic mass is 10.1. The molecule has 1 saturated carbocycles. The third-order valence-electron chi connectivity index (χ3n) is 3.57. The van der Waals surface area contributed by atoms with Gasteiger partial charge in [0.1, 0.15) is 0 Å². The van der Waals surface area contributed by atoms with Crippen molar-refractivity contribution in [3.8, 4) is 0 Å². The van der Waals surface area contributed by atoms with Crippen LogP contribution in [0, 0.1) is 5.92 Å². The van der Waals surface area contributed by atoms with Crippen LogP contribution in [0.15, 0.2) is 29.2 Å². The van der Waals surface area contributed by atoms with E-state index in [-0.39, 0.29) is 24.2 Å². The molecule has 1 aromatic rings. The largest absolute Gasteiger partial charge is 0.455 e. The van der Waals surface area contributed by atoms with Gasteiger partial charge in [0.2, 0.25) is 5.91 Å². The second-order valence-corrected chi connectivity index (χ2v) is 6.41. The number of esters is 1. The maximum absolute atomic E-state index is 11.9. The summed E-state index contributed by atoms with van der Waals surface area (Å²) in [6.07, 6.45) is 3.76. The number of anilines is 1. The lowest BCUT2D eigenvalue weighted by molar-refractivity contribution is -0.151. The van der Waals surface area contributed by atoms with Crippen LogP contribution in [-0.2, 0) is 19.1 Å². The highest BCUT2D eigenvalue weighted by molar-refractivity contribution is 8.00. The molecule has 0 unspecified atom stereocenters. The number of nitrogens with one attached hydrogen (secondary N) is 1. The molecule has 124 valence electrons. The van der Waals surface area contributed by atoms with E-state index in [1.165, 1.54) is 11.8 Å². The lowest BCUT2D eigenvalue weighted by Crippen LogP contribution is -2.24. The maximum atomic E-state index is 11.9. The van der Waals surface area contributed by atoms with Crippen LogP contribution in [0.25, 0.3) is 0 Å². The van der Waals surface area contributed by atoms with Crippen LogP contribution in [-0.4, -0.2) is 30.1 Å². The van der Waals surface area contributed by atoms with Gasteiger partial charge in [-0.3, -0.25) is 14.4 Å². The smallest absolute Gasteiger partial charge is 0.309 e. The molecule has 0 spiro atoms. The SMILES string of the molecule is NC(=O)CSc1ccccc1NC(=O)COC(=O)C1CCCC1. The van der Waals surface area contributed by atoms with Gasteiger partial charge in [0.15, 0.2) is 6.61 Å². The number of hydrogen-bond donors (Lipinski definition) is 2. The van der Waals surface area contributed by atoms with E-state index in [0.717, 1.165) is 30.6 Å². The Morgan fingerprint density at radius 3 is 2.61 bits per heavy atom. The number of nitrogens with two attached hydrogens (primary N) is 1. The van der Waals surface area contributed by atoms with E-state index in [4.69, 9.17) is 10.5 Å². The van der Waals surface area contributed by atoms with Crippen molar-refractivity contribution in [2.45, 2.75) is 30.6 Å². The van der Waals surface area contributed by atoms with Crippen LogP contribution in [0.4, 0.5) is 5.69 Å². The summed E-state index contributed by atoms with van der Waals surface area (Å²) < 4.78 is 5.07. The number of hydrogen-bond acceptors (Lipinski definition) is 5. The van der Waals surface area contributed by atoms with Gasteiger partial charge >= 0.3 is 5.97 Å². The molecular weight excluding hydrogens is 316 g/mol. The molecule has 0 saturated heterocycles. The summed E-state index contributed by atoms with van der Waals surface area (Å²) in [5.74, 6) is -1.07. The standard InChI is InChI=1S/C16H20N2O4S/c17-14(19)10-23-13-8-4-3-7-12(13)18-15(20)9-22-16(21)11-5-1-2-6-11/h3-4,7-8,11H,1-2,5-6,9-10H2,(H2,17,19)(H,18,20). The Hall–Kier alpha value is -2.02. The summed E-state index contributed by atoms with van der Waals surface area (Å²) in [6, 6.07) is 7.08. The number of carbonyl (C=O) groups is 3. The van der Waals surface area contributed by atoms with Crippen molar-refractivity contribution in [3.63, 3.8) is 0 Å². The molecule has 0 bridgehead atoms. The molecule has 6 nitrogen and oxygen atoms in total. The molecule has 1 fully saturated rings. The maximum Gasteiger partial charge on any atom is 0.309 e. The number of thioether (sulfide) groups is 1. The summed E-state index contributed by atoms with van der Waals surface area (Å²) in [5.41, 5.74) is 5.70. The molecular formula is C16H20N2O4S. The second kappa shape index (κ2) is 8.57. The summed E-state index contributed by atoms with van der Waals surface area (Å²) in [7, 11) is 0. The van der Waals surface area contributed by atoms with Gasteiger partial charge in [0.05, 0.1) is 17.4 Å². The Morgan fingerprint density at radius 1 is 1.22 bits per heavy atom. The van der Waals surface area contributed by atoms with Crippen LogP contribution in [0.1, 0.15) is 25.7 Å². The average molecular weight is 336 g/mol. The summed E-state index contributed by atoms with van der Waals surface area (Å²) in [4.78, 5) is 35.3. The van der Waals surface area contributed by atoms with E-state index in [9.17, 15) is 14.4 Å². The van der Waals surface area contributed by atoms with Crippen molar-refractivity contribution >= 4 is 35.2 Å². The summed E-state index contributed by atoms with van der Waals surface area (Å²) in [5, 5.41) is 2.69. The van der Waals surface area contributed by atoms with Crippen molar-refractivity contribution in [1.82, 2.24) is 0 Å². The molecule has 1 aromatic carbocycles. The first-order valence-corrected chi connectivity index (χ1v) is 8.51. The minimum absolute atomic E-state index is 0.0683. The van der Waals surface area contributed by atoms with E-state index >= 15 is 0 Å². The van der Waals surface area contributed by atoms with Crippen molar-refractivity contribution < 1.29 is 19.1 Å². The van der Waals surface area contributed by atoms with E-state index in [1.807, 2.05) is 0 Å². The zero-order chi connectivity index (χ0) is 16.7. The molecule has 0 heterocycles. The molecule has 0 aromatic heterocycles. The van der Waals surface area contributed by atoms with Gasteiger partial charge in [0, 0.05) is 4.90 Å². The summed E-state index contributed by atoms with van der Waals surface area (Å²) in [6.45, 7) is -0.301. The van der Waals surface area contributed by atoms with E-state index < -0.39 is 11.8 Å².